The molecule has 0 saturated carbocycles. The Kier molecular flexibility index (Phi) is 6.41. The molecule has 1 aliphatic rings. The van der Waals surface area contributed by atoms with Gasteiger partial charge in [-0.3, -0.25) is 0 Å². The van der Waals surface area contributed by atoms with Crippen molar-refractivity contribution in [3.8, 4) is 17.2 Å². The molecule has 6 nitrogen and oxygen atoms in total. The van der Waals surface area contributed by atoms with Crippen LogP contribution in [-0.2, 0) is 13.1 Å². The van der Waals surface area contributed by atoms with Crippen LogP contribution in [0.3, 0.4) is 0 Å². The lowest BCUT2D eigenvalue weighted by Gasteiger charge is -2.21. The van der Waals surface area contributed by atoms with Crippen LogP contribution in [0.15, 0.2) is 42.5 Å². The van der Waals surface area contributed by atoms with E-state index in [1.165, 1.54) is 0 Å². The van der Waals surface area contributed by atoms with Gasteiger partial charge in [-0.15, -0.1) is 0 Å². The van der Waals surface area contributed by atoms with Gasteiger partial charge >= 0.3 is 6.03 Å². The number of carbonyl (C=O) groups is 1. The third-order valence-electron chi connectivity index (χ3n) is 4.32. The first kappa shape index (κ1) is 18.9. The largest absolute Gasteiger partial charge is 0.494 e. The number of nitrogens with zero attached hydrogens (tertiary/aromatic N) is 1. The van der Waals surface area contributed by atoms with Crippen LogP contribution in [0.5, 0.6) is 17.2 Å². The van der Waals surface area contributed by atoms with E-state index in [4.69, 9.17) is 14.2 Å². The summed E-state index contributed by atoms with van der Waals surface area (Å²) in [6, 6.07) is 13.5. The van der Waals surface area contributed by atoms with Crippen LogP contribution in [-0.4, -0.2) is 30.9 Å². The maximum absolute atomic E-state index is 12.5. The minimum absolute atomic E-state index is 0.0959. The van der Waals surface area contributed by atoms with Crippen molar-refractivity contribution >= 4 is 6.03 Å². The second-order valence-electron chi connectivity index (χ2n) is 6.35. The van der Waals surface area contributed by atoms with E-state index < -0.39 is 0 Å². The molecule has 0 fully saturated rings. The zero-order valence-corrected chi connectivity index (χ0v) is 15.9. The maximum atomic E-state index is 12.5. The van der Waals surface area contributed by atoms with Crippen LogP contribution in [0.4, 0.5) is 4.79 Å². The molecule has 0 radical (unpaired) electrons. The number of rotatable bonds is 8. The summed E-state index contributed by atoms with van der Waals surface area (Å²) in [5, 5.41) is 2.98. The number of hydrogen-bond donors (Lipinski definition) is 1. The summed E-state index contributed by atoms with van der Waals surface area (Å²) in [4.78, 5) is 14.3. The Hall–Kier alpha value is -2.89. The monoisotopic (exact) mass is 370 g/mol. The lowest BCUT2D eigenvalue weighted by atomic mass is 10.2. The first-order valence-electron chi connectivity index (χ1n) is 9.32. The van der Waals surface area contributed by atoms with Gasteiger partial charge in [0.1, 0.15) is 5.75 Å². The minimum atomic E-state index is -0.0959. The van der Waals surface area contributed by atoms with Crippen molar-refractivity contribution in [2.45, 2.75) is 33.4 Å². The van der Waals surface area contributed by atoms with E-state index in [1.807, 2.05) is 49.4 Å². The Morgan fingerprint density at radius 2 is 1.81 bits per heavy atom. The van der Waals surface area contributed by atoms with Gasteiger partial charge in [-0.2, -0.15) is 0 Å². The van der Waals surface area contributed by atoms with Crippen molar-refractivity contribution < 1.29 is 19.0 Å². The Balaban J connectivity index is 1.52. The van der Waals surface area contributed by atoms with E-state index in [1.54, 1.807) is 4.90 Å². The average molecular weight is 370 g/mol. The molecule has 0 spiro atoms. The first-order chi connectivity index (χ1) is 13.2. The first-order valence-corrected chi connectivity index (χ1v) is 9.32. The second kappa shape index (κ2) is 9.16. The summed E-state index contributed by atoms with van der Waals surface area (Å²) in [7, 11) is 0. The molecule has 3 rings (SSSR count). The molecule has 144 valence electrons. The van der Waals surface area contributed by atoms with E-state index in [2.05, 4.69) is 12.2 Å². The third kappa shape index (κ3) is 5.06. The fourth-order valence-corrected chi connectivity index (χ4v) is 2.80. The summed E-state index contributed by atoms with van der Waals surface area (Å²) in [5.41, 5.74) is 2.04. The molecular formula is C21H26N2O4. The molecule has 0 unspecified atom stereocenters. The summed E-state index contributed by atoms with van der Waals surface area (Å²) >= 11 is 0. The standard InChI is InChI=1S/C21H26N2O4/c1-3-11-25-18-8-5-16(6-9-18)13-22-21(24)23(4-2)14-17-7-10-19-20(12-17)27-15-26-19/h5-10,12H,3-4,11,13-15H2,1-2H3,(H,22,24). The second-order valence-corrected chi connectivity index (χ2v) is 6.35. The Labute approximate surface area is 160 Å². The number of benzene rings is 2. The molecule has 2 aromatic rings. The number of nitrogens with one attached hydrogen (secondary N) is 1. The molecule has 0 saturated heterocycles. The molecule has 2 amide bonds. The van der Waals surface area contributed by atoms with Gasteiger partial charge in [0.15, 0.2) is 11.5 Å². The zero-order valence-electron chi connectivity index (χ0n) is 15.9. The highest BCUT2D eigenvalue weighted by Crippen LogP contribution is 2.32. The topological polar surface area (TPSA) is 60.0 Å². The highest BCUT2D eigenvalue weighted by Gasteiger charge is 2.16. The van der Waals surface area contributed by atoms with Gasteiger partial charge in [-0.25, -0.2) is 4.79 Å². The van der Waals surface area contributed by atoms with E-state index in [0.29, 0.717) is 26.2 Å². The van der Waals surface area contributed by atoms with Crippen LogP contribution in [0, 0.1) is 0 Å². The fraction of sp³-hybridized carbons (Fsp3) is 0.381. The van der Waals surface area contributed by atoms with Crippen LogP contribution in [0.2, 0.25) is 0 Å². The van der Waals surface area contributed by atoms with Crippen molar-refractivity contribution in [3.63, 3.8) is 0 Å². The molecule has 27 heavy (non-hydrogen) atoms. The van der Waals surface area contributed by atoms with Crippen molar-refractivity contribution in [1.82, 2.24) is 10.2 Å². The number of fused-ring (bicyclic) bond motifs is 1. The van der Waals surface area contributed by atoms with Gasteiger partial charge < -0.3 is 24.4 Å². The van der Waals surface area contributed by atoms with E-state index in [0.717, 1.165) is 34.8 Å². The van der Waals surface area contributed by atoms with Gasteiger partial charge in [0.2, 0.25) is 6.79 Å². The summed E-state index contributed by atoms with van der Waals surface area (Å²) in [5.74, 6) is 2.33. The van der Waals surface area contributed by atoms with Gasteiger partial charge in [-0.05, 0) is 48.7 Å². The predicted octanol–water partition coefficient (Wildman–Crippen LogP) is 3.94. The SMILES string of the molecule is CCCOc1ccc(CNC(=O)N(CC)Cc2ccc3c(c2)OCO3)cc1. The summed E-state index contributed by atoms with van der Waals surface area (Å²) < 4.78 is 16.3. The quantitative estimate of drug-likeness (QED) is 0.765. The number of urea groups is 1. The van der Waals surface area contributed by atoms with Crippen molar-refractivity contribution in [2.75, 3.05) is 19.9 Å². The molecule has 1 heterocycles. The molecule has 0 aromatic heterocycles. The lowest BCUT2D eigenvalue weighted by Crippen LogP contribution is -2.39. The molecule has 1 N–H and O–H groups in total. The summed E-state index contributed by atoms with van der Waals surface area (Å²) in [6.07, 6.45) is 0.980. The molecule has 0 atom stereocenters. The van der Waals surface area contributed by atoms with Gasteiger partial charge in [0.05, 0.1) is 6.61 Å². The fourth-order valence-electron chi connectivity index (χ4n) is 2.80. The minimum Gasteiger partial charge on any atom is -0.494 e. The van der Waals surface area contributed by atoms with E-state index in [-0.39, 0.29) is 12.8 Å². The number of hydrogen-bond acceptors (Lipinski definition) is 4. The smallest absolute Gasteiger partial charge is 0.317 e. The number of carbonyl (C=O) groups excluding carboxylic acids is 1. The molecule has 2 aromatic carbocycles. The van der Waals surface area contributed by atoms with Crippen molar-refractivity contribution in [1.29, 1.82) is 0 Å². The molecule has 6 heteroatoms. The number of amides is 2. The van der Waals surface area contributed by atoms with Crippen molar-refractivity contribution in [2.24, 2.45) is 0 Å². The molecule has 1 aliphatic heterocycles. The van der Waals surface area contributed by atoms with E-state index >= 15 is 0 Å². The highest BCUT2D eigenvalue weighted by atomic mass is 16.7. The van der Waals surface area contributed by atoms with Gasteiger partial charge in [0, 0.05) is 19.6 Å². The lowest BCUT2D eigenvalue weighted by molar-refractivity contribution is 0.173. The van der Waals surface area contributed by atoms with Crippen LogP contribution in [0.1, 0.15) is 31.4 Å². The Morgan fingerprint density at radius 1 is 1.07 bits per heavy atom. The molecular weight excluding hydrogens is 344 g/mol. The molecule has 0 bridgehead atoms. The Bertz CT molecular complexity index is 761. The van der Waals surface area contributed by atoms with Crippen LogP contribution < -0.4 is 19.5 Å². The zero-order chi connectivity index (χ0) is 19.1. The van der Waals surface area contributed by atoms with Crippen LogP contribution in [0.25, 0.3) is 0 Å². The molecule has 0 aliphatic carbocycles. The maximum Gasteiger partial charge on any atom is 0.317 e. The van der Waals surface area contributed by atoms with Crippen molar-refractivity contribution in [3.05, 3.63) is 53.6 Å². The average Bonchev–Trinajstić information content (AvgIpc) is 3.17. The Morgan fingerprint density at radius 3 is 2.56 bits per heavy atom. The predicted molar refractivity (Wildman–Crippen MR) is 103 cm³/mol. The number of ether oxygens (including phenoxy) is 3. The normalized spacial score (nSPS) is 11.9. The van der Waals surface area contributed by atoms with Gasteiger partial charge in [-0.1, -0.05) is 25.1 Å². The summed E-state index contributed by atoms with van der Waals surface area (Å²) in [6.45, 7) is 6.61. The third-order valence-corrected chi connectivity index (χ3v) is 4.32. The highest BCUT2D eigenvalue weighted by molar-refractivity contribution is 5.74. The van der Waals surface area contributed by atoms with Gasteiger partial charge in [0.25, 0.3) is 0 Å². The van der Waals surface area contributed by atoms with E-state index in [9.17, 15) is 4.79 Å². The van der Waals surface area contributed by atoms with Crippen LogP contribution >= 0.6 is 0 Å².